The maximum Gasteiger partial charge on any atom is 0.340 e. The molecule has 0 bridgehead atoms. The lowest BCUT2D eigenvalue weighted by Crippen LogP contribution is -2.17. The number of ether oxygens (including phenoxy) is 3. The Balaban J connectivity index is 2.87. The van der Waals surface area contributed by atoms with Crippen molar-refractivity contribution < 1.29 is 27.4 Å². The van der Waals surface area contributed by atoms with Gasteiger partial charge in [0.25, 0.3) is 0 Å². The molecule has 0 spiro atoms. The second-order valence-corrected chi connectivity index (χ2v) is 6.64. The molecule has 0 heterocycles. The lowest BCUT2D eigenvalue weighted by molar-refractivity contribution is 0.0529. The highest BCUT2D eigenvalue weighted by atomic mass is 32.2. The number of anilines is 1. The number of methoxy groups -OCH3 is 2. The zero-order valence-electron chi connectivity index (χ0n) is 12.2. The topological polar surface area (TPSA) is 105 Å². The first kappa shape index (κ1) is 17.1. The summed E-state index contributed by atoms with van der Waals surface area (Å²) in [6, 6.07) is 2.95. The van der Waals surface area contributed by atoms with Gasteiger partial charge in [0.15, 0.2) is 9.84 Å². The van der Waals surface area contributed by atoms with Crippen molar-refractivity contribution in [1.29, 1.82) is 0 Å². The second kappa shape index (κ2) is 7.16. The Morgan fingerprint density at radius 1 is 1.24 bits per heavy atom. The molecule has 1 aromatic rings. The monoisotopic (exact) mass is 317 g/mol. The van der Waals surface area contributed by atoms with Crippen molar-refractivity contribution in [3.63, 3.8) is 0 Å². The number of carbonyl (C=O) groups is 1. The number of benzene rings is 1. The van der Waals surface area contributed by atoms with Crippen LogP contribution in [0.25, 0.3) is 0 Å². The van der Waals surface area contributed by atoms with Crippen LogP contribution >= 0.6 is 0 Å². The molecular weight excluding hydrogens is 298 g/mol. The molecule has 0 amide bonds. The van der Waals surface area contributed by atoms with Gasteiger partial charge in [-0.3, -0.25) is 0 Å². The summed E-state index contributed by atoms with van der Waals surface area (Å²) in [5.74, 6) is -0.289. The van der Waals surface area contributed by atoms with Crippen LogP contribution in [0, 0.1) is 0 Å². The standard InChI is InChI=1S/C13H19NO6S/c1-4-21(16,17)6-5-20-13(15)10-7-9(18-2)8-11(19-3)12(10)14/h7-8H,4-6,14H2,1-3H3. The van der Waals surface area contributed by atoms with Gasteiger partial charge in [0.1, 0.15) is 18.1 Å². The van der Waals surface area contributed by atoms with Crippen LogP contribution in [0.15, 0.2) is 12.1 Å². The first-order valence-electron chi connectivity index (χ1n) is 6.23. The van der Waals surface area contributed by atoms with E-state index in [4.69, 9.17) is 19.9 Å². The van der Waals surface area contributed by atoms with E-state index in [0.717, 1.165) is 0 Å². The molecule has 0 saturated heterocycles. The van der Waals surface area contributed by atoms with Crippen LogP contribution in [-0.2, 0) is 14.6 Å². The molecule has 7 nitrogen and oxygen atoms in total. The molecule has 1 aromatic carbocycles. The third-order valence-corrected chi connectivity index (χ3v) is 4.53. The third-order valence-electron chi connectivity index (χ3n) is 2.86. The van der Waals surface area contributed by atoms with E-state index >= 15 is 0 Å². The summed E-state index contributed by atoms with van der Waals surface area (Å²) >= 11 is 0. The summed E-state index contributed by atoms with van der Waals surface area (Å²) in [6.45, 7) is 1.30. The highest BCUT2D eigenvalue weighted by molar-refractivity contribution is 7.91. The summed E-state index contributed by atoms with van der Waals surface area (Å²) in [6.07, 6.45) is 0. The number of carbonyl (C=O) groups excluding carboxylic acids is 1. The molecule has 0 aliphatic heterocycles. The summed E-state index contributed by atoms with van der Waals surface area (Å²) in [4.78, 5) is 12.0. The van der Waals surface area contributed by atoms with Crippen LogP contribution in [0.4, 0.5) is 5.69 Å². The molecule has 0 radical (unpaired) electrons. The quantitative estimate of drug-likeness (QED) is 0.588. The highest BCUT2D eigenvalue weighted by Gasteiger charge is 2.18. The Morgan fingerprint density at radius 3 is 2.43 bits per heavy atom. The van der Waals surface area contributed by atoms with Crippen LogP contribution in [0.2, 0.25) is 0 Å². The van der Waals surface area contributed by atoms with Gasteiger partial charge in [-0.05, 0) is 6.07 Å². The van der Waals surface area contributed by atoms with Gasteiger partial charge in [-0.25, -0.2) is 13.2 Å². The van der Waals surface area contributed by atoms with E-state index in [1.807, 2.05) is 0 Å². The van der Waals surface area contributed by atoms with Crippen LogP contribution in [0.1, 0.15) is 17.3 Å². The predicted octanol–water partition coefficient (Wildman–Crippen LogP) is 0.877. The lowest BCUT2D eigenvalue weighted by Gasteiger charge is -2.12. The smallest absolute Gasteiger partial charge is 0.340 e. The number of rotatable bonds is 7. The zero-order valence-corrected chi connectivity index (χ0v) is 13.0. The fourth-order valence-corrected chi connectivity index (χ4v) is 2.17. The number of hydrogen-bond acceptors (Lipinski definition) is 7. The maximum absolute atomic E-state index is 12.0. The number of nitrogens with two attached hydrogens (primary N) is 1. The highest BCUT2D eigenvalue weighted by Crippen LogP contribution is 2.31. The predicted molar refractivity (Wildman–Crippen MR) is 78.6 cm³/mol. The number of sulfone groups is 1. The summed E-state index contributed by atoms with van der Waals surface area (Å²) in [5.41, 5.74) is 5.98. The Labute approximate surface area is 123 Å². The fraction of sp³-hybridized carbons (Fsp3) is 0.462. The minimum absolute atomic E-state index is 0.000325. The first-order chi connectivity index (χ1) is 9.84. The van der Waals surface area contributed by atoms with Gasteiger partial charge < -0.3 is 19.9 Å². The Hall–Kier alpha value is -1.96. The van der Waals surface area contributed by atoms with E-state index in [1.54, 1.807) is 0 Å². The fourth-order valence-electron chi connectivity index (χ4n) is 1.54. The van der Waals surface area contributed by atoms with Crippen LogP contribution in [-0.4, -0.2) is 46.7 Å². The van der Waals surface area contributed by atoms with Gasteiger partial charge in [-0.1, -0.05) is 6.92 Å². The van der Waals surface area contributed by atoms with Gasteiger partial charge in [0.2, 0.25) is 0 Å². The molecule has 0 aliphatic carbocycles. The minimum atomic E-state index is -3.19. The van der Waals surface area contributed by atoms with E-state index in [2.05, 4.69) is 0 Å². The van der Waals surface area contributed by atoms with Gasteiger partial charge in [0.05, 0.1) is 31.2 Å². The van der Waals surface area contributed by atoms with Crippen molar-refractivity contribution in [2.45, 2.75) is 6.92 Å². The van der Waals surface area contributed by atoms with Crippen molar-refractivity contribution in [3.05, 3.63) is 17.7 Å². The minimum Gasteiger partial charge on any atom is -0.497 e. The van der Waals surface area contributed by atoms with E-state index < -0.39 is 15.8 Å². The van der Waals surface area contributed by atoms with Gasteiger partial charge in [0, 0.05) is 11.8 Å². The molecule has 21 heavy (non-hydrogen) atoms. The van der Waals surface area contributed by atoms with Crippen molar-refractivity contribution in [2.24, 2.45) is 0 Å². The average molecular weight is 317 g/mol. The molecular formula is C13H19NO6S. The largest absolute Gasteiger partial charge is 0.497 e. The number of hydrogen-bond donors (Lipinski definition) is 1. The maximum atomic E-state index is 12.0. The molecule has 0 saturated carbocycles. The Morgan fingerprint density at radius 2 is 1.90 bits per heavy atom. The van der Waals surface area contributed by atoms with Crippen LogP contribution in [0.3, 0.4) is 0 Å². The molecule has 0 aromatic heterocycles. The summed E-state index contributed by atoms with van der Waals surface area (Å²) < 4.78 is 37.7. The summed E-state index contributed by atoms with van der Waals surface area (Å²) in [5, 5.41) is 0. The number of nitrogen functional groups attached to an aromatic ring is 1. The Kier molecular flexibility index (Phi) is 5.83. The molecule has 0 aliphatic rings. The zero-order chi connectivity index (χ0) is 16.0. The first-order valence-corrected chi connectivity index (χ1v) is 8.05. The normalized spacial score (nSPS) is 11.0. The second-order valence-electron chi connectivity index (χ2n) is 4.16. The van der Waals surface area contributed by atoms with Crippen molar-refractivity contribution in [3.8, 4) is 11.5 Å². The van der Waals surface area contributed by atoms with Crippen LogP contribution < -0.4 is 15.2 Å². The third kappa shape index (κ3) is 4.52. The SMILES string of the molecule is CCS(=O)(=O)CCOC(=O)c1cc(OC)cc(OC)c1N. The van der Waals surface area contributed by atoms with E-state index in [0.29, 0.717) is 5.75 Å². The lowest BCUT2D eigenvalue weighted by atomic mass is 10.1. The molecule has 0 fully saturated rings. The average Bonchev–Trinajstić information content (AvgIpc) is 2.47. The molecule has 0 unspecified atom stereocenters. The van der Waals surface area contributed by atoms with Gasteiger partial charge >= 0.3 is 5.97 Å². The molecule has 8 heteroatoms. The van der Waals surface area contributed by atoms with Gasteiger partial charge in [-0.15, -0.1) is 0 Å². The van der Waals surface area contributed by atoms with Crippen molar-refractivity contribution >= 4 is 21.5 Å². The number of esters is 1. The Bertz CT molecular complexity index is 611. The van der Waals surface area contributed by atoms with Gasteiger partial charge in [-0.2, -0.15) is 0 Å². The molecule has 1 rings (SSSR count). The van der Waals surface area contributed by atoms with Crippen molar-refractivity contribution in [2.75, 3.05) is 38.1 Å². The summed E-state index contributed by atoms with van der Waals surface area (Å²) in [7, 11) is -0.342. The molecule has 2 N–H and O–H groups in total. The molecule has 0 atom stereocenters. The van der Waals surface area contributed by atoms with Crippen LogP contribution in [0.5, 0.6) is 11.5 Å². The van der Waals surface area contributed by atoms with E-state index in [-0.39, 0.29) is 35.1 Å². The van der Waals surface area contributed by atoms with E-state index in [9.17, 15) is 13.2 Å². The molecule has 118 valence electrons. The van der Waals surface area contributed by atoms with E-state index in [1.165, 1.54) is 33.3 Å². The van der Waals surface area contributed by atoms with Crippen molar-refractivity contribution in [1.82, 2.24) is 0 Å².